The molecule has 1 N–H and O–H groups in total. The Labute approximate surface area is 176 Å². The molecule has 4 rings (SSSR count). The highest BCUT2D eigenvalue weighted by Crippen LogP contribution is 2.18. The number of carbonyl (C=O) groups is 1. The molecule has 0 aliphatic heterocycles. The Hall–Kier alpha value is -3.66. The van der Waals surface area contributed by atoms with E-state index < -0.39 is 5.91 Å². The Balaban J connectivity index is 1.45. The van der Waals surface area contributed by atoms with Crippen molar-refractivity contribution in [3.8, 4) is 5.82 Å². The Morgan fingerprint density at radius 3 is 2.60 bits per heavy atom. The number of anilines is 1. The van der Waals surface area contributed by atoms with Crippen molar-refractivity contribution in [1.82, 2.24) is 29.8 Å². The smallest absolute Gasteiger partial charge is 0.267 e. The Kier molecular flexibility index (Phi) is 5.48. The number of aryl methyl sites for hydroxylation is 2. The maximum absolute atomic E-state index is 12.4. The molecule has 1 aromatic carbocycles. The zero-order valence-electron chi connectivity index (χ0n) is 16.4. The molecule has 3 aromatic heterocycles. The molecule has 0 radical (unpaired) electrons. The van der Waals surface area contributed by atoms with E-state index in [0.717, 1.165) is 26.6 Å². The van der Waals surface area contributed by atoms with E-state index in [0.29, 0.717) is 17.4 Å². The Bertz CT molecular complexity index is 1240. The Morgan fingerprint density at radius 1 is 1.07 bits per heavy atom. The fraction of sp³-hybridized carbons (Fsp3) is 0.200. The van der Waals surface area contributed by atoms with Crippen LogP contribution in [0.1, 0.15) is 22.0 Å². The fourth-order valence-corrected chi connectivity index (χ4v) is 3.76. The predicted molar refractivity (Wildman–Crippen MR) is 113 cm³/mol. The van der Waals surface area contributed by atoms with E-state index in [1.54, 1.807) is 10.7 Å². The van der Waals surface area contributed by atoms with Gasteiger partial charge in [-0.25, -0.2) is 9.36 Å². The second-order valence-corrected chi connectivity index (χ2v) is 7.80. The molecular weight excluding hydrogens is 402 g/mol. The van der Waals surface area contributed by atoms with Crippen molar-refractivity contribution in [2.75, 3.05) is 5.32 Å². The third-order valence-electron chi connectivity index (χ3n) is 4.28. The van der Waals surface area contributed by atoms with Gasteiger partial charge in [0.05, 0.1) is 5.69 Å². The molecule has 0 atom stereocenters. The fourth-order valence-electron chi connectivity index (χ4n) is 2.97. The zero-order chi connectivity index (χ0) is 21.1. The summed E-state index contributed by atoms with van der Waals surface area (Å²) in [5.41, 5.74) is 2.46. The summed E-state index contributed by atoms with van der Waals surface area (Å²) in [5, 5.41) is 20.6. The lowest BCUT2D eigenvalue weighted by Gasteiger charge is -2.07. The first-order chi connectivity index (χ1) is 14.5. The van der Waals surface area contributed by atoms with E-state index in [-0.39, 0.29) is 12.1 Å². The van der Waals surface area contributed by atoms with Crippen molar-refractivity contribution in [2.24, 2.45) is 0 Å². The van der Waals surface area contributed by atoms with Gasteiger partial charge in [0, 0.05) is 18.2 Å². The van der Waals surface area contributed by atoms with Crippen LogP contribution in [0.3, 0.4) is 0 Å². The summed E-state index contributed by atoms with van der Waals surface area (Å²) >= 11 is 1.30. The van der Waals surface area contributed by atoms with E-state index in [4.69, 9.17) is 0 Å². The molecule has 30 heavy (non-hydrogen) atoms. The SMILES string of the molecule is Cc1cc(C)n(-c2ccc(=O)n(CC(=O)Nc3nnc(Cc4ccccc4)s3)n2)n1. The average molecular weight is 421 g/mol. The minimum absolute atomic E-state index is 0.237. The minimum atomic E-state index is -0.405. The van der Waals surface area contributed by atoms with Crippen LogP contribution in [-0.4, -0.2) is 35.7 Å². The Morgan fingerprint density at radius 2 is 1.87 bits per heavy atom. The summed E-state index contributed by atoms with van der Waals surface area (Å²) < 4.78 is 2.73. The monoisotopic (exact) mass is 421 g/mol. The third kappa shape index (κ3) is 4.49. The topological polar surface area (TPSA) is 108 Å². The van der Waals surface area contributed by atoms with Crippen molar-refractivity contribution < 1.29 is 4.79 Å². The number of hydrogen-bond donors (Lipinski definition) is 1. The molecule has 0 spiro atoms. The van der Waals surface area contributed by atoms with E-state index in [1.807, 2.05) is 50.2 Å². The van der Waals surface area contributed by atoms with Crippen molar-refractivity contribution in [3.63, 3.8) is 0 Å². The first kappa shape index (κ1) is 19.6. The standard InChI is InChI=1S/C20H19N7O2S/c1-13-10-14(2)27(24-13)16-8-9-19(29)26(25-16)12-17(28)21-20-23-22-18(30-20)11-15-6-4-3-5-7-15/h3-10H,11-12H2,1-2H3,(H,21,23,28). The maximum atomic E-state index is 12.4. The van der Waals surface area contributed by atoms with Gasteiger partial charge >= 0.3 is 0 Å². The molecule has 0 fully saturated rings. The van der Waals surface area contributed by atoms with Gasteiger partial charge in [-0.1, -0.05) is 41.7 Å². The minimum Gasteiger partial charge on any atom is -0.299 e. The summed E-state index contributed by atoms with van der Waals surface area (Å²) in [5.74, 6) is 0.0617. The second kappa shape index (κ2) is 8.37. The van der Waals surface area contributed by atoms with Crippen LogP contribution in [0, 0.1) is 13.8 Å². The van der Waals surface area contributed by atoms with Crippen LogP contribution in [0.15, 0.2) is 53.3 Å². The van der Waals surface area contributed by atoms with E-state index in [9.17, 15) is 9.59 Å². The number of amides is 1. The highest BCUT2D eigenvalue weighted by atomic mass is 32.1. The van der Waals surface area contributed by atoms with Crippen molar-refractivity contribution in [3.05, 3.63) is 80.8 Å². The zero-order valence-corrected chi connectivity index (χ0v) is 17.3. The van der Waals surface area contributed by atoms with E-state index >= 15 is 0 Å². The van der Waals surface area contributed by atoms with Gasteiger partial charge < -0.3 is 0 Å². The highest BCUT2D eigenvalue weighted by molar-refractivity contribution is 7.15. The molecule has 4 aromatic rings. The summed E-state index contributed by atoms with van der Waals surface area (Å²) in [6.07, 6.45) is 0.639. The van der Waals surface area contributed by atoms with Crippen LogP contribution in [0.4, 0.5) is 5.13 Å². The van der Waals surface area contributed by atoms with Crippen LogP contribution in [0.25, 0.3) is 5.82 Å². The second-order valence-electron chi connectivity index (χ2n) is 6.74. The van der Waals surface area contributed by atoms with Gasteiger partial charge in [0.1, 0.15) is 11.6 Å². The third-order valence-corrected chi connectivity index (χ3v) is 5.12. The molecular formula is C20H19N7O2S. The molecule has 0 aliphatic rings. The normalized spacial score (nSPS) is 10.9. The summed E-state index contributed by atoms with van der Waals surface area (Å²) in [4.78, 5) is 24.6. The molecule has 1 amide bonds. The number of nitrogens with zero attached hydrogens (tertiary/aromatic N) is 6. The number of rotatable bonds is 6. The predicted octanol–water partition coefficient (Wildman–Crippen LogP) is 2.13. The van der Waals surface area contributed by atoms with Crippen molar-refractivity contribution in [2.45, 2.75) is 26.8 Å². The van der Waals surface area contributed by atoms with Crippen LogP contribution in [0.2, 0.25) is 0 Å². The van der Waals surface area contributed by atoms with Gasteiger partial charge in [-0.15, -0.1) is 15.3 Å². The van der Waals surface area contributed by atoms with Gasteiger partial charge in [-0.3, -0.25) is 14.9 Å². The summed E-state index contributed by atoms with van der Waals surface area (Å²) in [6, 6.07) is 14.8. The molecule has 0 saturated heterocycles. The van der Waals surface area contributed by atoms with Crippen LogP contribution < -0.4 is 10.9 Å². The van der Waals surface area contributed by atoms with Gasteiger partial charge in [0.15, 0.2) is 5.82 Å². The molecule has 0 bridgehead atoms. The first-order valence-corrected chi connectivity index (χ1v) is 10.1. The van der Waals surface area contributed by atoms with Gasteiger partial charge in [-0.2, -0.15) is 5.10 Å². The van der Waals surface area contributed by atoms with Gasteiger partial charge in [0.25, 0.3) is 5.56 Å². The number of nitrogens with one attached hydrogen (secondary N) is 1. The van der Waals surface area contributed by atoms with Crippen molar-refractivity contribution >= 4 is 22.4 Å². The molecule has 10 heteroatoms. The molecule has 0 aliphatic carbocycles. The highest BCUT2D eigenvalue weighted by Gasteiger charge is 2.13. The van der Waals surface area contributed by atoms with E-state index in [2.05, 4.69) is 25.7 Å². The maximum Gasteiger partial charge on any atom is 0.267 e. The lowest BCUT2D eigenvalue weighted by molar-refractivity contribution is -0.117. The van der Waals surface area contributed by atoms with Gasteiger partial charge in [-0.05, 0) is 31.5 Å². The number of hydrogen-bond acceptors (Lipinski definition) is 7. The molecule has 0 saturated carbocycles. The number of benzene rings is 1. The van der Waals surface area contributed by atoms with Crippen molar-refractivity contribution in [1.29, 1.82) is 0 Å². The van der Waals surface area contributed by atoms with Crippen LogP contribution in [-0.2, 0) is 17.8 Å². The number of aromatic nitrogens is 6. The summed E-state index contributed by atoms with van der Waals surface area (Å²) in [6.45, 7) is 3.53. The largest absolute Gasteiger partial charge is 0.299 e. The van der Waals surface area contributed by atoms with E-state index in [1.165, 1.54) is 17.4 Å². The van der Waals surface area contributed by atoms with Crippen LogP contribution in [0.5, 0.6) is 0 Å². The molecule has 152 valence electrons. The molecule has 9 nitrogen and oxygen atoms in total. The first-order valence-electron chi connectivity index (χ1n) is 9.26. The quantitative estimate of drug-likeness (QED) is 0.511. The molecule has 0 unspecified atom stereocenters. The van der Waals surface area contributed by atoms with Gasteiger partial charge in [0.2, 0.25) is 11.0 Å². The summed E-state index contributed by atoms with van der Waals surface area (Å²) in [7, 11) is 0. The lowest BCUT2D eigenvalue weighted by Crippen LogP contribution is -2.30. The molecule has 3 heterocycles. The number of carbonyl (C=O) groups excluding carboxylic acids is 1. The average Bonchev–Trinajstić information content (AvgIpc) is 3.29. The lowest BCUT2D eigenvalue weighted by atomic mass is 10.2. The van der Waals surface area contributed by atoms with Crippen LogP contribution >= 0.6 is 11.3 Å².